The number of rotatable bonds is 9. The van der Waals surface area contributed by atoms with Crippen LogP contribution in [0, 0.1) is 0 Å². The predicted molar refractivity (Wildman–Crippen MR) is 291 cm³/mol. The minimum Gasteiger partial charge on any atom is -0.310 e. The van der Waals surface area contributed by atoms with Crippen molar-refractivity contribution in [3.63, 3.8) is 0 Å². The van der Waals surface area contributed by atoms with Crippen LogP contribution in [0.4, 0.5) is 51.2 Å². The van der Waals surface area contributed by atoms with Gasteiger partial charge in [-0.15, -0.1) is 22.7 Å². The summed E-state index contributed by atoms with van der Waals surface area (Å²) in [5, 5.41) is 9.94. The lowest BCUT2D eigenvalue weighted by atomic mass is 10.1. The Morgan fingerprint density at radius 2 is 0.507 bits per heavy atom. The second kappa shape index (κ2) is 16.3. The summed E-state index contributed by atoms with van der Waals surface area (Å²) in [5.41, 5.74) is 10.2. The summed E-state index contributed by atoms with van der Waals surface area (Å²) in [7, 11) is 0. The van der Waals surface area contributed by atoms with E-state index in [2.05, 4.69) is 263 Å². The highest BCUT2D eigenvalue weighted by atomic mass is 32.1. The number of benzene rings is 11. The summed E-state index contributed by atoms with van der Waals surface area (Å²) in [5.74, 6) is 0. The fraction of sp³-hybridized carbons (Fsp3) is 0. The van der Waals surface area contributed by atoms with Crippen LogP contribution in [0.2, 0.25) is 0 Å². The molecule has 3 nitrogen and oxygen atoms in total. The molecule has 13 aromatic rings. The monoisotopic (exact) mass is 891 g/mol. The molecule has 13 rings (SSSR count). The molecule has 0 aliphatic rings. The van der Waals surface area contributed by atoms with Gasteiger partial charge in [-0.05, 0) is 143 Å². The number of para-hydroxylation sites is 3. The highest BCUT2D eigenvalue weighted by Crippen LogP contribution is 2.46. The Bertz CT molecular complexity index is 3840. The number of nitrogens with zero attached hydrogens (tertiary/aromatic N) is 3. The third kappa shape index (κ3) is 7.04. The highest BCUT2D eigenvalue weighted by Gasteiger charge is 2.20. The van der Waals surface area contributed by atoms with Crippen molar-refractivity contribution in [2.45, 2.75) is 0 Å². The molecule has 2 aromatic heterocycles. The molecule has 316 valence electrons. The Morgan fingerprint density at radius 1 is 0.194 bits per heavy atom. The summed E-state index contributed by atoms with van der Waals surface area (Å²) < 4.78 is 5.05. The first-order chi connectivity index (χ1) is 33.2. The van der Waals surface area contributed by atoms with Gasteiger partial charge in [0.2, 0.25) is 0 Å². The van der Waals surface area contributed by atoms with E-state index in [0.717, 1.165) is 51.2 Å². The molecule has 0 saturated heterocycles. The lowest BCUT2D eigenvalue weighted by Crippen LogP contribution is -2.10. The van der Waals surface area contributed by atoms with E-state index in [1.54, 1.807) is 0 Å². The second-order valence-corrected chi connectivity index (χ2v) is 19.2. The van der Waals surface area contributed by atoms with Crippen LogP contribution in [-0.4, -0.2) is 0 Å². The Kier molecular flexibility index (Phi) is 9.55. The zero-order valence-corrected chi connectivity index (χ0v) is 38.0. The molecule has 0 bridgehead atoms. The minimum absolute atomic E-state index is 1.12. The Labute approximate surface area is 396 Å². The van der Waals surface area contributed by atoms with E-state index in [0.29, 0.717) is 0 Å². The van der Waals surface area contributed by atoms with Crippen molar-refractivity contribution in [3.8, 4) is 0 Å². The Hall–Kier alpha value is -8.22. The van der Waals surface area contributed by atoms with Gasteiger partial charge in [-0.25, -0.2) is 0 Å². The van der Waals surface area contributed by atoms with E-state index >= 15 is 0 Å². The van der Waals surface area contributed by atoms with Gasteiger partial charge in [0.25, 0.3) is 0 Å². The van der Waals surface area contributed by atoms with Gasteiger partial charge in [0.15, 0.2) is 0 Å². The van der Waals surface area contributed by atoms with Crippen LogP contribution < -0.4 is 14.7 Å². The van der Waals surface area contributed by atoms with Crippen LogP contribution in [0.15, 0.2) is 249 Å². The summed E-state index contributed by atoms with van der Waals surface area (Å²) in [6.07, 6.45) is 0. The largest absolute Gasteiger partial charge is 0.310 e. The molecular formula is C62H41N3S2. The number of thiophene rings is 2. The predicted octanol–water partition coefficient (Wildman–Crippen LogP) is 19.1. The zero-order valence-electron chi connectivity index (χ0n) is 36.3. The van der Waals surface area contributed by atoms with Gasteiger partial charge < -0.3 is 14.7 Å². The maximum atomic E-state index is 2.41. The third-order valence-corrected chi connectivity index (χ3v) is 15.2. The summed E-state index contributed by atoms with van der Waals surface area (Å²) in [6.45, 7) is 0. The highest BCUT2D eigenvalue weighted by molar-refractivity contribution is 7.26. The molecule has 0 aliphatic heterocycles. The molecule has 0 saturated carbocycles. The van der Waals surface area contributed by atoms with Crippen LogP contribution in [0.25, 0.3) is 61.9 Å². The van der Waals surface area contributed by atoms with Gasteiger partial charge in [0.1, 0.15) is 0 Å². The van der Waals surface area contributed by atoms with Crippen molar-refractivity contribution in [1.29, 1.82) is 0 Å². The van der Waals surface area contributed by atoms with Crippen molar-refractivity contribution in [3.05, 3.63) is 249 Å². The molecule has 5 heteroatoms. The average molecular weight is 892 g/mol. The molecule has 0 atom stereocenters. The molecule has 0 amide bonds. The normalized spacial score (nSPS) is 11.6. The molecule has 0 unspecified atom stereocenters. The fourth-order valence-corrected chi connectivity index (χ4v) is 12.0. The third-order valence-electron chi connectivity index (χ3n) is 12.9. The Morgan fingerprint density at radius 3 is 0.940 bits per heavy atom. The second-order valence-electron chi connectivity index (χ2n) is 17.0. The average Bonchev–Trinajstić information content (AvgIpc) is 3.94. The molecule has 11 aromatic carbocycles. The van der Waals surface area contributed by atoms with E-state index in [1.807, 2.05) is 22.7 Å². The van der Waals surface area contributed by atoms with E-state index in [4.69, 9.17) is 0 Å². The smallest absolute Gasteiger partial charge is 0.0476 e. The van der Waals surface area contributed by atoms with Gasteiger partial charge >= 0.3 is 0 Å². The van der Waals surface area contributed by atoms with Crippen LogP contribution in [0.1, 0.15) is 0 Å². The molecule has 0 radical (unpaired) electrons. The van der Waals surface area contributed by atoms with Crippen molar-refractivity contribution in [2.24, 2.45) is 0 Å². The van der Waals surface area contributed by atoms with Crippen molar-refractivity contribution < 1.29 is 0 Å². The van der Waals surface area contributed by atoms with Gasteiger partial charge in [0.05, 0.1) is 0 Å². The summed E-state index contributed by atoms with van der Waals surface area (Å²) in [4.78, 5) is 7.14. The number of hydrogen-bond donors (Lipinski definition) is 0. The van der Waals surface area contributed by atoms with Crippen LogP contribution in [0.3, 0.4) is 0 Å². The van der Waals surface area contributed by atoms with Crippen molar-refractivity contribution in [1.82, 2.24) is 0 Å². The van der Waals surface area contributed by atoms with Crippen LogP contribution in [0.5, 0.6) is 0 Å². The first-order valence-corrected chi connectivity index (χ1v) is 24.3. The Balaban J connectivity index is 0.905. The molecule has 0 N–H and O–H groups in total. The first kappa shape index (κ1) is 39.2. The zero-order chi connectivity index (χ0) is 44.3. The molecule has 67 heavy (non-hydrogen) atoms. The van der Waals surface area contributed by atoms with E-state index in [1.165, 1.54) is 61.9 Å². The molecule has 2 heterocycles. The standard InChI is InChI=1S/C62H41N3S2/c1-4-18-46(19-5-1)63(47-20-6-2-7-21-47)53-28-32-55-57-38-51(30-34-59(57)66-61(55)40-53)64(48-22-8-3-9-23-48)52-31-35-60-58(39-52)56-33-29-54(41-62(56)67-60)65(49-26-24-42-14-10-12-16-44(42)36-49)50-27-25-43-15-11-13-17-45(43)37-50/h1-41H. The lowest BCUT2D eigenvalue weighted by molar-refractivity contribution is 1.29. The van der Waals surface area contributed by atoms with Crippen LogP contribution in [-0.2, 0) is 0 Å². The lowest BCUT2D eigenvalue weighted by Gasteiger charge is -2.26. The maximum absolute atomic E-state index is 2.41. The van der Waals surface area contributed by atoms with Crippen molar-refractivity contribution in [2.75, 3.05) is 14.7 Å². The molecule has 0 aliphatic carbocycles. The molecule has 0 spiro atoms. The number of anilines is 9. The summed E-state index contributed by atoms with van der Waals surface area (Å²) in [6, 6.07) is 90.7. The fourth-order valence-electron chi connectivity index (χ4n) is 9.77. The number of hydrogen-bond acceptors (Lipinski definition) is 5. The SMILES string of the molecule is c1ccc(N(c2ccccc2)c2ccc3c(c2)sc2ccc(N(c4ccccc4)c4ccc5sc6cc(N(c7ccc8ccccc8c7)c7ccc8ccccc8c7)ccc6c5c4)cc23)cc1. The number of fused-ring (bicyclic) bond motifs is 8. The van der Waals surface area contributed by atoms with E-state index < -0.39 is 0 Å². The topological polar surface area (TPSA) is 9.72 Å². The van der Waals surface area contributed by atoms with Crippen LogP contribution >= 0.6 is 22.7 Å². The molecule has 0 fully saturated rings. The maximum Gasteiger partial charge on any atom is 0.0476 e. The summed E-state index contributed by atoms with van der Waals surface area (Å²) >= 11 is 3.71. The minimum atomic E-state index is 1.12. The van der Waals surface area contributed by atoms with Crippen molar-refractivity contribution >= 4 is 136 Å². The quantitative estimate of drug-likeness (QED) is 0.143. The van der Waals surface area contributed by atoms with E-state index in [9.17, 15) is 0 Å². The molecular weight excluding hydrogens is 851 g/mol. The van der Waals surface area contributed by atoms with Gasteiger partial charge in [-0.2, -0.15) is 0 Å². The van der Waals surface area contributed by atoms with Gasteiger partial charge in [-0.1, -0.05) is 127 Å². The van der Waals surface area contributed by atoms with Gasteiger partial charge in [0, 0.05) is 91.5 Å². The first-order valence-electron chi connectivity index (χ1n) is 22.6. The van der Waals surface area contributed by atoms with Gasteiger partial charge in [-0.3, -0.25) is 0 Å². The van der Waals surface area contributed by atoms with E-state index in [-0.39, 0.29) is 0 Å².